The Morgan fingerprint density at radius 1 is 0.318 bits per heavy atom. The van der Waals surface area contributed by atoms with E-state index in [1.165, 1.54) is 96.7 Å². The maximum atomic E-state index is 6.66. The van der Waals surface area contributed by atoms with E-state index in [4.69, 9.17) is 4.74 Å². The van der Waals surface area contributed by atoms with Crippen LogP contribution in [0.4, 0.5) is 17.1 Å². The van der Waals surface area contributed by atoms with E-state index in [2.05, 4.69) is 229 Å². The summed E-state index contributed by atoms with van der Waals surface area (Å²) in [5.41, 5.74) is 17.7. The van der Waals surface area contributed by atoms with Crippen LogP contribution in [0.15, 0.2) is 234 Å². The summed E-state index contributed by atoms with van der Waals surface area (Å²) >= 11 is 3.75. The monoisotopic (exact) mass is 875 g/mol. The van der Waals surface area contributed by atoms with Crippen molar-refractivity contribution in [1.29, 1.82) is 0 Å². The average molecular weight is 876 g/mol. The highest BCUT2D eigenvalue weighted by Crippen LogP contribution is 2.65. The molecule has 0 atom stereocenters. The van der Waals surface area contributed by atoms with Gasteiger partial charge in [-0.25, -0.2) is 0 Å². The van der Waals surface area contributed by atoms with E-state index in [0.29, 0.717) is 0 Å². The number of benzene rings is 10. The first-order valence-corrected chi connectivity index (χ1v) is 24.3. The molecule has 1 aromatic heterocycles. The van der Waals surface area contributed by atoms with Crippen molar-refractivity contribution >= 4 is 60.3 Å². The van der Waals surface area contributed by atoms with Crippen molar-refractivity contribution in [2.45, 2.75) is 20.6 Å². The topological polar surface area (TPSA) is 12.5 Å². The summed E-state index contributed by atoms with van der Waals surface area (Å²) in [4.78, 5) is 5.12. The van der Waals surface area contributed by atoms with Gasteiger partial charge in [0.05, 0.1) is 10.8 Å². The molecule has 308 valence electrons. The Balaban J connectivity index is 0.994. The lowest BCUT2D eigenvalue weighted by Crippen LogP contribution is -2.32. The van der Waals surface area contributed by atoms with E-state index in [1.54, 1.807) is 0 Å². The van der Waals surface area contributed by atoms with Gasteiger partial charge in [0.1, 0.15) is 11.5 Å². The number of hydrogen-bond acceptors (Lipinski definition) is 4. The normalized spacial score (nSPS) is 14.7. The predicted octanol–water partition coefficient (Wildman–Crippen LogP) is 16.8. The van der Waals surface area contributed by atoms with Crippen molar-refractivity contribution in [3.8, 4) is 33.8 Å². The molecule has 11 aromatic rings. The molecule has 0 fully saturated rings. The summed E-state index contributed by atoms with van der Waals surface area (Å²) in [5, 5.41) is 2.57. The van der Waals surface area contributed by atoms with Crippen LogP contribution in [0.1, 0.15) is 44.5 Å². The van der Waals surface area contributed by atoms with E-state index in [0.717, 1.165) is 28.6 Å². The van der Waals surface area contributed by atoms with Crippen molar-refractivity contribution in [2.75, 3.05) is 4.90 Å². The largest absolute Gasteiger partial charge is 0.457 e. The summed E-state index contributed by atoms with van der Waals surface area (Å²) in [6.45, 7) is 0. The van der Waals surface area contributed by atoms with Crippen molar-refractivity contribution in [3.63, 3.8) is 0 Å². The third-order valence-corrected chi connectivity index (χ3v) is 17.1. The van der Waals surface area contributed by atoms with Crippen LogP contribution in [0, 0.1) is 0 Å². The molecule has 4 aliphatic rings. The molecule has 0 saturated carbocycles. The molecule has 66 heavy (non-hydrogen) atoms. The molecule has 3 heterocycles. The molecule has 2 nitrogen and oxygen atoms in total. The third-order valence-electron chi connectivity index (χ3n) is 14.8. The highest BCUT2D eigenvalue weighted by Gasteiger charge is 2.52. The molecule has 2 aliphatic heterocycles. The van der Waals surface area contributed by atoms with Gasteiger partial charge < -0.3 is 9.64 Å². The van der Waals surface area contributed by atoms with Crippen LogP contribution in [-0.2, 0) is 10.8 Å². The summed E-state index contributed by atoms with van der Waals surface area (Å²) in [7, 11) is 0. The molecule has 0 unspecified atom stereocenters. The summed E-state index contributed by atoms with van der Waals surface area (Å²) in [5.74, 6) is 1.80. The number of fused-ring (bicyclic) bond motifs is 21. The van der Waals surface area contributed by atoms with Crippen LogP contribution < -0.4 is 9.64 Å². The highest BCUT2D eigenvalue weighted by molar-refractivity contribution is 7.99. The predicted molar refractivity (Wildman–Crippen MR) is 273 cm³/mol. The maximum absolute atomic E-state index is 6.66. The second-order valence-electron chi connectivity index (χ2n) is 17.9. The van der Waals surface area contributed by atoms with Crippen LogP contribution in [-0.4, -0.2) is 0 Å². The molecule has 2 aliphatic carbocycles. The molecule has 0 saturated heterocycles. The first-order chi connectivity index (χ1) is 32.7. The van der Waals surface area contributed by atoms with Crippen LogP contribution in [0.2, 0.25) is 0 Å². The lowest BCUT2D eigenvalue weighted by atomic mass is 9.66. The van der Waals surface area contributed by atoms with E-state index >= 15 is 0 Å². The Morgan fingerprint density at radius 2 is 0.742 bits per heavy atom. The van der Waals surface area contributed by atoms with E-state index in [1.807, 2.05) is 23.1 Å². The SMILES string of the molecule is c1ccc2c(c1)Oc1ccccc1C21c2ccccc2-c2cc(N(c3ccc4c(c3)-c3ccccc3C43c4ccccc4Sc4ccccc43)c3ccc4sc5ccccc5c4c3)ccc21. The lowest BCUT2D eigenvalue weighted by Gasteiger charge is -2.39. The average Bonchev–Trinajstić information content (AvgIpc) is 3.99. The van der Waals surface area contributed by atoms with Gasteiger partial charge in [-0.05, 0) is 128 Å². The van der Waals surface area contributed by atoms with Crippen LogP contribution in [0.25, 0.3) is 42.4 Å². The van der Waals surface area contributed by atoms with Gasteiger partial charge in [-0.2, -0.15) is 0 Å². The second kappa shape index (κ2) is 13.5. The van der Waals surface area contributed by atoms with Crippen molar-refractivity contribution < 1.29 is 4.74 Å². The standard InChI is InChI=1S/C62H37NOS2/c1-4-18-47-41(15-1)44-35-38(29-32-49(44)61(47)51-20-6-10-24-55(51)64-56-25-11-7-21-52(56)61)63(40-31-34-58-46(37-40)43-17-3-12-26-57(43)65-58)39-30-33-50-45(36-39)42-16-2-5-19-48(42)62(50)53-22-8-13-27-59(53)66-60-28-14-9-23-54(60)62/h1-37H. The van der Waals surface area contributed by atoms with Gasteiger partial charge in [0, 0.05) is 58.2 Å². The Kier molecular flexibility index (Phi) is 7.48. The number of ether oxygens (including phenoxy) is 1. The Bertz CT molecular complexity index is 3590. The first-order valence-electron chi connectivity index (χ1n) is 22.7. The quantitative estimate of drug-likeness (QED) is 0.175. The van der Waals surface area contributed by atoms with E-state index in [-0.39, 0.29) is 0 Å². The number of anilines is 3. The molecule has 2 spiro atoms. The minimum Gasteiger partial charge on any atom is -0.457 e. The molecular formula is C62H37NOS2. The van der Waals surface area contributed by atoms with E-state index < -0.39 is 10.8 Å². The van der Waals surface area contributed by atoms with Gasteiger partial charge in [0.2, 0.25) is 0 Å². The third kappa shape index (κ3) is 4.67. The van der Waals surface area contributed by atoms with Gasteiger partial charge in [-0.3, -0.25) is 0 Å². The minimum atomic E-state index is -0.536. The molecule has 0 radical (unpaired) electrons. The molecular weight excluding hydrogens is 839 g/mol. The number of rotatable bonds is 3. The summed E-state index contributed by atoms with van der Waals surface area (Å²) in [6, 6.07) is 83.8. The maximum Gasteiger partial charge on any atom is 0.132 e. The number of hydrogen-bond donors (Lipinski definition) is 0. The zero-order valence-electron chi connectivity index (χ0n) is 35.5. The zero-order valence-corrected chi connectivity index (χ0v) is 37.2. The molecule has 15 rings (SSSR count). The van der Waals surface area contributed by atoms with Gasteiger partial charge in [-0.1, -0.05) is 163 Å². The van der Waals surface area contributed by atoms with E-state index in [9.17, 15) is 0 Å². The number of thiophene rings is 1. The van der Waals surface area contributed by atoms with Crippen LogP contribution >= 0.6 is 23.1 Å². The summed E-state index contributed by atoms with van der Waals surface area (Å²) in [6.07, 6.45) is 0. The number of para-hydroxylation sites is 2. The molecule has 0 N–H and O–H groups in total. The Morgan fingerprint density at radius 3 is 1.35 bits per heavy atom. The summed E-state index contributed by atoms with van der Waals surface area (Å²) < 4.78 is 9.26. The van der Waals surface area contributed by atoms with Crippen molar-refractivity contribution in [1.82, 2.24) is 0 Å². The lowest BCUT2D eigenvalue weighted by molar-refractivity contribution is 0.436. The fraction of sp³-hybridized carbons (Fsp3) is 0.0323. The van der Waals surface area contributed by atoms with Crippen LogP contribution in [0.3, 0.4) is 0 Å². The fourth-order valence-corrected chi connectivity index (χ4v) is 14.6. The van der Waals surface area contributed by atoms with Gasteiger partial charge in [-0.15, -0.1) is 11.3 Å². The van der Waals surface area contributed by atoms with Crippen molar-refractivity contribution in [3.05, 3.63) is 269 Å². The Hall–Kier alpha value is -7.63. The fourth-order valence-electron chi connectivity index (χ4n) is 12.3. The Labute approximate surface area is 391 Å². The zero-order chi connectivity index (χ0) is 43.1. The minimum absolute atomic E-state index is 0.440. The van der Waals surface area contributed by atoms with Gasteiger partial charge in [0.15, 0.2) is 0 Å². The first kappa shape index (κ1) is 36.7. The van der Waals surface area contributed by atoms with Gasteiger partial charge >= 0.3 is 0 Å². The smallest absolute Gasteiger partial charge is 0.132 e. The molecule has 0 bridgehead atoms. The van der Waals surface area contributed by atoms with Gasteiger partial charge in [0.25, 0.3) is 0 Å². The molecule has 0 amide bonds. The molecule has 10 aromatic carbocycles. The number of nitrogens with zero attached hydrogens (tertiary/aromatic N) is 1. The van der Waals surface area contributed by atoms with Crippen molar-refractivity contribution in [2.24, 2.45) is 0 Å². The van der Waals surface area contributed by atoms with Crippen LogP contribution in [0.5, 0.6) is 11.5 Å². The second-order valence-corrected chi connectivity index (χ2v) is 20.0. The molecule has 4 heteroatoms. The highest BCUT2D eigenvalue weighted by atomic mass is 32.2.